The van der Waals surface area contributed by atoms with Gasteiger partial charge in [-0.25, -0.2) is 13.9 Å². The predicted molar refractivity (Wildman–Crippen MR) is 74.9 cm³/mol. The Morgan fingerprint density at radius 1 is 1.25 bits per heavy atom. The highest BCUT2D eigenvalue weighted by molar-refractivity contribution is 6.01. The van der Waals surface area contributed by atoms with E-state index in [1.54, 1.807) is 13.0 Å². The van der Waals surface area contributed by atoms with Crippen molar-refractivity contribution in [2.75, 3.05) is 5.32 Å². The van der Waals surface area contributed by atoms with Crippen molar-refractivity contribution in [3.05, 3.63) is 53.4 Å². The van der Waals surface area contributed by atoms with E-state index in [1.165, 1.54) is 10.7 Å². The molecule has 0 radical (unpaired) electrons. The van der Waals surface area contributed by atoms with E-state index in [2.05, 4.69) is 15.1 Å². The maximum absolute atomic E-state index is 13.7. The molecule has 0 fully saturated rings. The van der Waals surface area contributed by atoms with Crippen LogP contribution >= 0.6 is 0 Å². The van der Waals surface area contributed by atoms with Crippen molar-refractivity contribution in [1.29, 1.82) is 0 Å². The molecule has 0 saturated heterocycles. The second kappa shape index (κ2) is 5.55. The van der Waals surface area contributed by atoms with Gasteiger partial charge < -0.3 is 5.32 Å². The summed E-state index contributed by atoms with van der Waals surface area (Å²) in [5.41, 5.74) is -1.05. The Labute approximate surface area is 132 Å². The molecule has 0 aliphatic heterocycles. The summed E-state index contributed by atoms with van der Waals surface area (Å²) in [6, 6.07) is 3.35. The van der Waals surface area contributed by atoms with Crippen LogP contribution in [0.5, 0.6) is 0 Å². The Hall–Kier alpha value is -3.04. The number of amides is 1. The zero-order valence-electron chi connectivity index (χ0n) is 12.1. The van der Waals surface area contributed by atoms with Gasteiger partial charge in [0.1, 0.15) is 5.82 Å². The van der Waals surface area contributed by atoms with E-state index < -0.39 is 29.2 Å². The molecule has 0 saturated carbocycles. The number of benzene rings is 1. The largest absolute Gasteiger partial charge is 0.416 e. The van der Waals surface area contributed by atoms with Gasteiger partial charge in [-0.15, -0.1) is 5.10 Å². The molecular weight excluding hydrogens is 330 g/mol. The normalized spacial score (nSPS) is 11.7. The fraction of sp³-hybridized carbons (Fsp3) is 0.143. The molecule has 1 N–H and O–H groups in total. The standard InChI is InChI=1S/C14H9F4N5O/c1-7-4-5-19-13-21-11(22-23(7)13)12(24)20-10-6-8(14(16,17)18)2-3-9(10)15/h2-6H,1H3,(H,20,24). The summed E-state index contributed by atoms with van der Waals surface area (Å²) in [7, 11) is 0. The number of alkyl halides is 3. The fourth-order valence-electron chi connectivity index (χ4n) is 1.98. The fourth-order valence-corrected chi connectivity index (χ4v) is 1.98. The molecule has 3 aromatic rings. The zero-order chi connectivity index (χ0) is 17.5. The highest BCUT2D eigenvalue weighted by Gasteiger charge is 2.31. The monoisotopic (exact) mass is 339 g/mol. The summed E-state index contributed by atoms with van der Waals surface area (Å²) in [5, 5.41) is 5.93. The maximum Gasteiger partial charge on any atom is 0.416 e. The maximum atomic E-state index is 13.7. The van der Waals surface area contributed by atoms with Crippen LogP contribution in [0.25, 0.3) is 5.78 Å². The summed E-state index contributed by atoms with van der Waals surface area (Å²) < 4.78 is 53.0. The Bertz CT molecular complexity index is 935. The second-order valence-corrected chi connectivity index (χ2v) is 4.88. The third kappa shape index (κ3) is 2.90. The van der Waals surface area contributed by atoms with Crippen LogP contribution in [0.1, 0.15) is 21.9 Å². The molecule has 10 heteroatoms. The molecule has 0 bridgehead atoms. The van der Waals surface area contributed by atoms with Crippen LogP contribution in [0, 0.1) is 12.7 Å². The summed E-state index contributed by atoms with van der Waals surface area (Å²) in [6.45, 7) is 1.71. The van der Waals surface area contributed by atoms with Crippen LogP contribution in [0.3, 0.4) is 0 Å². The molecule has 1 aromatic carbocycles. The predicted octanol–water partition coefficient (Wildman–Crippen LogP) is 2.84. The number of rotatable bonds is 2. The summed E-state index contributed by atoms with van der Waals surface area (Å²) in [5.74, 6) is -2.15. The highest BCUT2D eigenvalue weighted by Crippen LogP contribution is 2.31. The quantitative estimate of drug-likeness (QED) is 0.729. The first-order valence-corrected chi connectivity index (χ1v) is 6.62. The van der Waals surface area contributed by atoms with Crippen molar-refractivity contribution in [2.24, 2.45) is 0 Å². The van der Waals surface area contributed by atoms with Gasteiger partial charge in [-0.3, -0.25) is 4.79 Å². The first-order chi connectivity index (χ1) is 11.3. The van der Waals surface area contributed by atoms with E-state index >= 15 is 0 Å². The molecular formula is C14H9F4N5O. The molecule has 24 heavy (non-hydrogen) atoms. The average molecular weight is 339 g/mol. The highest BCUT2D eigenvalue weighted by atomic mass is 19.4. The molecule has 0 aliphatic rings. The van der Waals surface area contributed by atoms with Crippen molar-refractivity contribution in [3.8, 4) is 0 Å². The number of fused-ring (bicyclic) bond motifs is 1. The molecule has 124 valence electrons. The Balaban J connectivity index is 1.92. The Morgan fingerprint density at radius 3 is 2.67 bits per heavy atom. The summed E-state index contributed by atoms with van der Waals surface area (Å²) in [4.78, 5) is 19.8. The first-order valence-electron chi connectivity index (χ1n) is 6.62. The summed E-state index contributed by atoms with van der Waals surface area (Å²) in [6.07, 6.45) is -3.19. The van der Waals surface area contributed by atoms with E-state index in [9.17, 15) is 22.4 Å². The molecule has 3 rings (SSSR count). The Morgan fingerprint density at radius 2 is 2.00 bits per heavy atom. The number of hydrogen-bond acceptors (Lipinski definition) is 4. The molecule has 0 aliphatic carbocycles. The van der Waals surface area contributed by atoms with E-state index in [1.807, 2.05) is 5.32 Å². The number of anilines is 1. The molecule has 6 nitrogen and oxygen atoms in total. The lowest BCUT2D eigenvalue weighted by Crippen LogP contribution is -2.16. The van der Waals surface area contributed by atoms with Gasteiger partial charge in [-0.05, 0) is 31.2 Å². The number of halogens is 4. The summed E-state index contributed by atoms with van der Waals surface area (Å²) >= 11 is 0. The lowest BCUT2D eigenvalue weighted by molar-refractivity contribution is -0.137. The lowest BCUT2D eigenvalue weighted by Gasteiger charge is -2.10. The SMILES string of the molecule is Cc1ccnc2nc(C(=O)Nc3cc(C(F)(F)F)ccc3F)nn12. The molecule has 0 atom stereocenters. The molecule has 0 spiro atoms. The van der Waals surface area contributed by atoms with Crippen LogP contribution in [0.15, 0.2) is 30.5 Å². The van der Waals surface area contributed by atoms with Crippen molar-refractivity contribution in [2.45, 2.75) is 13.1 Å². The van der Waals surface area contributed by atoms with Gasteiger partial charge in [0, 0.05) is 11.9 Å². The second-order valence-electron chi connectivity index (χ2n) is 4.88. The number of hydrogen-bond donors (Lipinski definition) is 1. The first kappa shape index (κ1) is 15.8. The van der Waals surface area contributed by atoms with E-state index in [0.717, 1.165) is 0 Å². The topological polar surface area (TPSA) is 72.2 Å². The van der Waals surface area contributed by atoms with Crippen molar-refractivity contribution in [3.63, 3.8) is 0 Å². The average Bonchev–Trinajstić information content (AvgIpc) is 2.94. The third-order valence-corrected chi connectivity index (χ3v) is 3.17. The van der Waals surface area contributed by atoms with Gasteiger partial charge in [0.25, 0.3) is 11.7 Å². The number of aromatic nitrogens is 4. The van der Waals surface area contributed by atoms with E-state index in [-0.39, 0.29) is 11.6 Å². The number of aryl methyl sites for hydroxylation is 1. The molecule has 1 amide bonds. The lowest BCUT2D eigenvalue weighted by atomic mass is 10.2. The number of nitrogens with zero attached hydrogens (tertiary/aromatic N) is 4. The number of carbonyl (C=O) groups excluding carboxylic acids is 1. The zero-order valence-corrected chi connectivity index (χ0v) is 12.1. The number of nitrogens with one attached hydrogen (secondary N) is 1. The van der Waals surface area contributed by atoms with Crippen molar-refractivity contribution in [1.82, 2.24) is 19.6 Å². The van der Waals surface area contributed by atoms with Gasteiger partial charge in [0.2, 0.25) is 5.82 Å². The van der Waals surface area contributed by atoms with Gasteiger partial charge in [-0.2, -0.15) is 18.2 Å². The van der Waals surface area contributed by atoms with Crippen LogP contribution in [-0.2, 0) is 6.18 Å². The smallest absolute Gasteiger partial charge is 0.317 e. The van der Waals surface area contributed by atoms with Crippen LogP contribution in [0.2, 0.25) is 0 Å². The van der Waals surface area contributed by atoms with Gasteiger partial charge in [0.15, 0.2) is 0 Å². The van der Waals surface area contributed by atoms with Gasteiger partial charge in [0.05, 0.1) is 11.3 Å². The minimum atomic E-state index is -4.66. The van der Waals surface area contributed by atoms with Crippen molar-refractivity contribution < 1.29 is 22.4 Å². The third-order valence-electron chi connectivity index (χ3n) is 3.17. The van der Waals surface area contributed by atoms with Crippen LogP contribution < -0.4 is 5.32 Å². The Kier molecular flexibility index (Phi) is 3.66. The molecule has 2 heterocycles. The van der Waals surface area contributed by atoms with Crippen molar-refractivity contribution >= 4 is 17.4 Å². The molecule has 0 unspecified atom stereocenters. The van der Waals surface area contributed by atoms with E-state index in [4.69, 9.17) is 0 Å². The molecule has 2 aromatic heterocycles. The van der Waals surface area contributed by atoms with Gasteiger partial charge >= 0.3 is 6.18 Å². The minimum absolute atomic E-state index is 0.143. The number of carbonyl (C=O) groups is 1. The van der Waals surface area contributed by atoms with Crippen LogP contribution in [0.4, 0.5) is 23.2 Å². The van der Waals surface area contributed by atoms with Crippen LogP contribution in [-0.4, -0.2) is 25.5 Å². The minimum Gasteiger partial charge on any atom is -0.317 e. The van der Waals surface area contributed by atoms with Gasteiger partial charge in [-0.1, -0.05) is 0 Å². The van der Waals surface area contributed by atoms with E-state index in [0.29, 0.717) is 23.9 Å².